The van der Waals surface area contributed by atoms with Crippen molar-refractivity contribution < 1.29 is 13.2 Å². The van der Waals surface area contributed by atoms with Crippen molar-refractivity contribution in [1.29, 1.82) is 0 Å². The molecule has 4 rings (SSSR count). The topological polar surface area (TPSA) is 30.7 Å². The molecule has 0 saturated heterocycles. The van der Waals surface area contributed by atoms with E-state index in [9.17, 15) is 13.2 Å². The number of para-hydroxylation sites is 2. The number of hydrogen-bond donors (Lipinski definition) is 0. The van der Waals surface area contributed by atoms with E-state index < -0.39 is 6.30 Å². The lowest BCUT2D eigenvalue weighted by atomic mass is 10.1. The molecule has 0 aliphatic heterocycles. The fraction of sp³-hybridized carbons (Fsp3) is 0.0526. The van der Waals surface area contributed by atoms with Gasteiger partial charge in [0.25, 0.3) is 0 Å². The molecule has 0 spiro atoms. The Morgan fingerprint density at radius 3 is 2.12 bits per heavy atom. The van der Waals surface area contributed by atoms with Crippen LogP contribution >= 0.6 is 0 Å². The van der Waals surface area contributed by atoms with Crippen molar-refractivity contribution in [3.8, 4) is 22.6 Å². The Bertz CT molecular complexity index is 1020. The third kappa shape index (κ3) is 2.76. The number of hydrogen-bond acceptors (Lipinski definition) is 2. The minimum Gasteiger partial charge on any atom is -0.256 e. The van der Waals surface area contributed by atoms with Crippen LogP contribution in [0.4, 0.5) is 13.2 Å². The van der Waals surface area contributed by atoms with Crippen molar-refractivity contribution in [2.45, 2.75) is 6.30 Å². The van der Waals surface area contributed by atoms with Crippen LogP contribution in [-0.4, -0.2) is 14.5 Å². The highest BCUT2D eigenvalue weighted by molar-refractivity contribution is 5.81. The molecule has 3 nitrogen and oxygen atoms in total. The van der Waals surface area contributed by atoms with Crippen LogP contribution in [0.15, 0.2) is 72.9 Å². The average molecular weight is 339 g/mol. The molecule has 0 amide bonds. The number of alkyl halides is 3. The van der Waals surface area contributed by atoms with E-state index in [0.29, 0.717) is 15.6 Å². The number of fused-ring (bicyclic) bond motifs is 1. The number of aromatic nitrogens is 3. The van der Waals surface area contributed by atoms with Gasteiger partial charge in [0.2, 0.25) is 0 Å². The van der Waals surface area contributed by atoms with Crippen LogP contribution in [0.1, 0.15) is 0 Å². The van der Waals surface area contributed by atoms with Gasteiger partial charge in [-0.3, -0.25) is 4.98 Å². The predicted molar refractivity (Wildman–Crippen MR) is 89.7 cm³/mol. The second-order valence-corrected chi connectivity index (χ2v) is 5.52. The number of halogens is 3. The lowest BCUT2D eigenvalue weighted by Gasteiger charge is -2.12. The van der Waals surface area contributed by atoms with Gasteiger partial charge in [0.15, 0.2) is 0 Å². The van der Waals surface area contributed by atoms with Crippen LogP contribution in [0.3, 0.4) is 0 Å². The summed E-state index contributed by atoms with van der Waals surface area (Å²) in [6.07, 6.45) is -2.88. The summed E-state index contributed by atoms with van der Waals surface area (Å²) in [5.41, 5.74) is 2.34. The third-order valence-electron chi connectivity index (χ3n) is 3.92. The molecule has 0 saturated carbocycles. The monoisotopic (exact) mass is 339 g/mol. The van der Waals surface area contributed by atoms with Gasteiger partial charge in [-0.05, 0) is 24.3 Å². The van der Waals surface area contributed by atoms with Gasteiger partial charge in [0, 0.05) is 17.3 Å². The Morgan fingerprint density at radius 2 is 1.44 bits per heavy atom. The predicted octanol–water partition coefficient (Wildman–Crippen LogP) is 5.24. The number of pyridine rings is 1. The molecule has 2 heterocycles. The summed E-state index contributed by atoms with van der Waals surface area (Å²) >= 11 is 0. The lowest BCUT2D eigenvalue weighted by molar-refractivity contribution is -0.199. The minimum absolute atomic E-state index is 0.0406. The maximum Gasteiger partial charge on any atom is 0.490 e. The second-order valence-electron chi connectivity index (χ2n) is 5.52. The van der Waals surface area contributed by atoms with Crippen LogP contribution in [0.2, 0.25) is 0 Å². The molecule has 0 atom stereocenters. The molecule has 0 N–H and O–H groups in total. The summed E-state index contributed by atoms with van der Waals surface area (Å²) in [5.74, 6) is -0.124. The van der Waals surface area contributed by atoms with Crippen LogP contribution in [0.25, 0.3) is 33.7 Å². The van der Waals surface area contributed by atoms with E-state index in [2.05, 4.69) is 9.97 Å². The van der Waals surface area contributed by atoms with E-state index >= 15 is 0 Å². The van der Waals surface area contributed by atoms with Crippen LogP contribution in [0, 0.1) is 0 Å². The fourth-order valence-corrected chi connectivity index (χ4v) is 2.80. The maximum absolute atomic E-state index is 13.6. The Labute approximate surface area is 141 Å². The molecule has 6 heteroatoms. The number of imidazole rings is 1. The zero-order valence-corrected chi connectivity index (χ0v) is 12.9. The summed E-state index contributed by atoms with van der Waals surface area (Å²) in [7, 11) is 0. The smallest absolute Gasteiger partial charge is 0.256 e. The van der Waals surface area contributed by atoms with Crippen molar-refractivity contribution in [3.05, 3.63) is 72.9 Å². The molecule has 4 aromatic rings. The highest BCUT2D eigenvalue weighted by Gasteiger charge is 2.35. The van der Waals surface area contributed by atoms with Gasteiger partial charge >= 0.3 is 6.30 Å². The molecule has 2 aromatic heterocycles. The zero-order valence-electron chi connectivity index (χ0n) is 12.9. The summed E-state index contributed by atoms with van der Waals surface area (Å²) in [6, 6.07) is 18.5. The van der Waals surface area contributed by atoms with E-state index in [-0.39, 0.29) is 11.3 Å². The molecule has 0 fully saturated rings. The molecule has 124 valence electrons. The highest BCUT2D eigenvalue weighted by atomic mass is 19.4. The Balaban J connectivity index is 1.85. The molecule has 0 unspecified atom stereocenters. The van der Waals surface area contributed by atoms with Gasteiger partial charge in [-0.25, -0.2) is 9.55 Å². The third-order valence-corrected chi connectivity index (χ3v) is 3.92. The molecule has 0 aliphatic rings. The van der Waals surface area contributed by atoms with Crippen LogP contribution in [-0.2, 0) is 6.30 Å². The van der Waals surface area contributed by atoms with E-state index in [4.69, 9.17) is 0 Å². The van der Waals surface area contributed by atoms with Crippen molar-refractivity contribution >= 4 is 11.0 Å². The van der Waals surface area contributed by atoms with Gasteiger partial charge < -0.3 is 0 Å². The number of rotatable bonds is 2. The fourth-order valence-electron chi connectivity index (χ4n) is 2.80. The standard InChI is InChI=1S/C19H12F3N3/c20-19(21,22)25-17-7-2-1-6-16(17)24-18(25)14-10-8-13(9-11-14)15-5-3-4-12-23-15/h1-12H. The Kier molecular flexibility index (Phi) is 3.53. The van der Waals surface area contributed by atoms with Gasteiger partial charge in [-0.15, -0.1) is 13.2 Å². The molecular formula is C19H12F3N3. The molecule has 2 aromatic carbocycles. The van der Waals surface area contributed by atoms with Crippen LogP contribution in [0.5, 0.6) is 0 Å². The van der Waals surface area contributed by atoms with Crippen molar-refractivity contribution in [3.63, 3.8) is 0 Å². The van der Waals surface area contributed by atoms with Gasteiger partial charge in [-0.2, -0.15) is 0 Å². The maximum atomic E-state index is 13.6. The van der Waals surface area contributed by atoms with Gasteiger partial charge in [-0.1, -0.05) is 42.5 Å². The normalized spacial score (nSPS) is 11.8. The summed E-state index contributed by atoms with van der Waals surface area (Å²) < 4.78 is 41.0. The lowest BCUT2D eigenvalue weighted by Crippen LogP contribution is -2.17. The SMILES string of the molecule is FC(F)(F)n1c(-c2ccc(-c3ccccn3)cc2)nc2ccccc21. The first kappa shape index (κ1) is 15.4. The molecular weight excluding hydrogens is 327 g/mol. The quantitative estimate of drug-likeness (QED) is 0.500. The van der Waals surface area contributed by atoms with Crippen molar-refractivity contribution in [1.82, 2.24) is 14.5 Å². The van der Waals surface area contributed by atoms with Crippen molar-refractivity contribution in [2.75, 3.05) is 0 Å². The average Bonchev–Trinajstić information content (AvgIpc) is 3.02. The number of nitrogens with zero attached hydrogens (tertiary/aromatic N) is 3. The molecule has 0 radical (unpaired) electrons. The minimum atomic E-state index is -4.55. The highest BCUT2D eigenvalue weighted by Crippen LogP contribution is 2.34. The zero-order chi connectivity index (χ0) is 17.4. The van der Waals surface area contributed by atoms with Crippen molar-refractivity contribution in [2.24, 2.45) is 0 Å². The number of benzene rings is 2. The Morgan fingerprint density at radius 1 is 0.760 bits per heavy atom. The largest absolute Gasteiger partial charge is 0.490 e. The molecule has 0 aliphatic carbocycles. The first-order valence-electron chi connectivity index (χ1n) is 7.60. The van der Waals surface area contributed by atoms with E-state index in [1.807, 2.05) is 18.2 Å². The van der Waals surface area contributed by atoms with E-state index in [1.54, 1.807) is 48.7 Å². The van der Waals surface area contributed by atoms with E-state index in [0.717, 1.165) is 11.3 Å². The van der Waals surface area contributed by atoms with Crippen LogP contribution < -0.4 is 0 Å². The summed E-state index contributed by atoms with van der Waals surface area (Å²) in [4.78, 5) is 8.42. The summed E-state index contributed by atoms with van der Waals surface area (Å²) in [5, 5.41) is 0. The molecule has 25 heavy (non-hydrogen) atoms. The Hall–Kier alpha value is -3.15. The van der Waals surface area contributed by atoms with Gasteiger partial charge in [0.05, 0.1) is 16.7 Å². The van der Waals surface area contributed by atoms with Gasteiger partial charge in [0.1, 0.15) is 5.82 Å². The van der Waals surface area contributed by atoms with E-state index in [1.165, 1.54) is 6.07 Å². The molecule has 0 bridgehead atoms. The second kappa shape index (κ2) is 5.73. The first-order valence-corrected chi connectivity index (χ1v) is 7.60. The summed E-state index contributed by atoms with van der Waals surface area (Å²) in [6.45, 7) is 0. The first-order chi connectivity index (χ1) is 12.0.